The van der Waals surface area contributed by atoms with Gasteiger partial charge in [-0.25, -0.2) is 0 Å². The van der Waals surface area contributed by atoms with Gasteiger partial charge in [-0.1, -0.05) is 0 Å². The zero-order chi connectivity index (χ0) is 11.9. The van der Waals surface area contributed by atoms with E-state index in [2.05, 4.69) is 4.99 Å². The zero-order valence-electron chi connectivity index (χ0n) is 8.71. The van der Waals surface area contributed by atoms with Crippen LogP contribution in [0.3, 0.4) is 0 Å². The van der Waals surface area contributed by atoms with Gasteiger partial charge in [0.05, 0.1) is 0 Å². The van der Waals surface area contributed by atoms with Crippen LogP contribution >= 0.6 is 7.82 Å². The maximum atomic E-state index is 8.77. The molecule has 0 atom stereocenters. The van der Waals surface area contributed by atoms with Crippen molar-refractivity contribution in [2.75, 3.05) is 14.1 Å². The molecule has 0 fully saturated rings. The van der Waals surface area contributed by atoms with Gasteiger partial charge in [0.2, 0.25) is 5.96 Å². The fraction of sp³-hybridized carbons (Fsp3) is 0.500. The Labute approximate surface area is 130 Å². The quantitative estimate of drug-likeness (QED) is 0.125. The number of hydrogen-bond donors (Lipinski definition) is 5. The Morgan fingerprint density at radius 2 is 1.73 bits per heavy atom. The number of phosphoric acid groups is 1. The molecule has 0 aliphatic rings. The third kappa shape index (κ3) is 31.4. The van der Waals surface area contributed by atoms with Crippen molar-refractivity contribution >= 4 is 19.7 Å². The Hall–Kier alpha value is 0.486. The molecular weight excluding hydrogens is 252 g/mol. The third-order valence-electron chi connectivity index (χ3n) is 0.659. The van der Waals surface area contributed by atoms with Crippen LogP contribution in [-0.4, -0.2) is 40.7 Å². The van der Waals surface area contributed by atoms with Crippen molar-refractivity contribution in [3.8, 4) is 0 Å². The third-order valence-corrected chi connectivity index (χ3v) is 0.659. The molecule has 0 aromatic rings. The van der Waals surface area contributed by atoms with Gasteiger partial charge in [-0.2, -0.15) is 4.99 Å². The topological polar surface area (TPSA) is 172 Å². The molecule has 0 rings (SSSR count). The standard InChI is InChI=1S/C4H11N5.K.H3O4P/c1-9(2)4(7)8-3(5)6;;1-5(2,3)4/h1-2H3,(H5,5,6,7,8);;(H3,1,2,3,4)/q;+1;/p-1. The van der Waals surface area contributed by atoms with Crippen molar-refractivity contribution in [3.05, 3.63) is 0 Å². The Kier molecular flexibility index (Phi) is 13.5. The molecule has 84 valence electrons. The number of nitrogens with zero attached hydrogens (tertiary/aromatic N) is 2. The molecule has 0 aromatic heterocycles. The molecule has 0 saturated carbocycles. The number of nitrogens with two attached hydrogens (primary N) is 2. The molecule has 0 aliphatic carbocycles. The van der Waals surface area contributed by atoms with Crippen LogP contribution in [0.1, 0.15) is 0 Å². The van der Waals surface area contributed by atoms with Gasteiger partial charge in [0.1, 0.15) is 0 Å². The minimum atomic E-state index is -4.89. The van der Waals surface area contributed by atoms with Gasteiger partial charge >= 0.3 is 51.4 Å². The molecule has 0 heterocycles. The first-order chi connectivity index (χ1) is 6.04. The van der Waals surface area contributed by atoms with Crippen molar-refractivity contribution in [3.63, 3.8) is 0 Å². The van der Waals surface area contributed by atoms with Crippen molar-refractivity contribution in [2.45, 2.75) is 0 Å². The molecule has 11 heteroatoms. The Bertz CT molecular complexity index is 251. The molecule has 0 aliphatic heterocycles. The maximum absolute atomic E-state index is 8.77. The largest absolute Gasteiger partial charge is 1.00 e. The van der Waals surface area contributed by atoms with Gasteiger partial charge in [0.25, 0.3) is 7.82 Å². The van der Waals surface area contributed by atoms with Crippen molar-refractivity contribution < 1.29 is 70.6 Å². The first kappa shape index (κ1) is 20.8. The van der Waals surface area contributed by atoms with E-state index in [1.165, 1.54) is 4.90 Å². The van der Waals surface area contributed by atoms with Gasteiger partial charge < -0.3 is 31.0 Å². The number of aliphatic imine (C=N–C) groups is 1. The summed E-state index contributed by atoms with van der Waals surface area (Å²) in [5.41, 5.74) is 9.98. The summed E-state index contributed by atoms with van der Waals surface area (Å²) in [6.45, 7) is 0. The molecule has 0 radical (unpaired) electrons. The molecule has 15 heavy (non-hydrogen) atoms. The van der Waals surface area contributed by atoms with E-state index in [0.29, 0.717) is 0 Å². The van der Waals surface area contributed by atoms with E-state index in [9.17, 15) is 0 Å². The van der Waals surface area contributed by atoms with E-state index in [1.54, 1.807) is 14.1 Å². The molecule has 0 bridgehead atoms. The van der Waals surface area contributed by atoms with Crippen molar-refractivity contribution in [1.29, 1.82) is 5.41 Å². The fourth-order valence-electron chi connectivity index (χ4n) is 0.222. The van der Waals surface area contributed by atoms with Crippen LogP contribution in [0.15, 0.2) is 4.99 Å². The van der Waals surface area contributed by atoms with Gasteiger partial charge in [0, 0.05) is 14.1 Å². The summed E-state index contributed by atoms with van der Waals surface area (Å²) in [5, 5.41) is 7.05. The smallest absolute Gasteiger partial charge is 0.756 e. The van der Waals surface area contributed by atoms with Crippen LogP contribution in [0.5, 0.6) is 0 Å². The summed E-state index contributed by atoms with van der Waals surface area (Å²) < 4.78 is 8.77. The summed E-state index contributed by atoms with van der Waals surface area (Å²) in [6, 6.07) is 0. The van der Waals surface area contributed by atoms with E-state index in [0.717, 1.165) is 0 Å². The summed E-state index contributed by atoms with van der Waals surface area (Å²) in [4.78, 5) is 27.9. The second-order valence-electron chi connectivity index (χ2n) is 2.25. The molecule has 7 N–H and O–H groups in total. The second kappa shape index (κ2) is 9.69. The summed E-state index contributed by atoms with van der Waals surface area (Å²) in [5.74, 6) is -0.0382. The van der Waals surface area contributed by atoms with Crippen molar-refractivity contribution in [1.82, 2.24) is 4.90 Å². The maximum Gasteiger partial charge on any atom is 1.00 e. The van der Waals surface area contributed by atoms with E-state index in [4.69, 9.17) is 36.1 Å². The van der Waals surface area contributed by atoms with Crippen LogP contribution in [0.25, 0.3) is 0 Å². The minimum Gasteiger partial charge on any atom is -0.756 e. The molecule has 0 unspecified atom stereocenters. The minimum absolute atomic E-state index is 0. The van der Waals surface area contributed by atoms with Crippen LogP contribution in [0, 0.1) is 5.41 Å². The molecule has 0 aromatic carbocycles. The Morgan fingerprint density at radius 1 is 1.47 bits per heavy atom. The predicted octanol–water partition coefficient (Wildman–Crippen LogP) is -5.80. The van der Waals surface area contributed by atoms with E-state index >= 15 is 0 Å². The summed E-state index contributed by atoms with van der Waals surface area (Å²) in [7, 11) is -1.51. The molecule has 9 nitrogen and oxygen atoms in total. The van der Waals surface area contributed by atoms with E-state index in [1.807, 2.05) is 0 Å². The van der Waals surface area contributed by atoms with Crippen LogP contribution in [-0.2, 0) is 4.57 Å². The molecule has 0 spiro atoms. The van der Waals surface area contributed by atoms with Crippen LogP contribution in [0.4, 0.5) is 0 Å². The Balaban J connectivity index is -0.000000208. The average Bonchev–Trinajstić information content (AvgIpc) is 1.80. The number of hydrogen-bond acceptors (Lipinski definition) is 3. The van der Waals surface area contributed by atoms with Crippen LogP contribution in [0.2, 0.25) is 0 Å². The first-order valence-electron chi connectivity index (χ1n) is 3.16. The van der Waals surface area contributed by atoms with Gasteiger partial charge in [-0.05, 0) is 0 Å². The molecule has 0 amide bonds. The van der Waals surface area contributed by atoms with Crippen molar-refractivity contribution in [2.24, 2.45) is 16.5 Å². The zero-order valence-corrected chi connectivity index (χ0v) is 12.7. The predicted molar refractivity (Wildman–Crippen MR) is 49.3 cm³/mol. The summed E-state index contributed by atoms with van der Waals surface area (Å²) >= 11 is 0. The Morgan fingerprint density at radius 3 is 1.80 bits per heavy atom. The summed E-state index contributed by atoms with van der Waals surface area (Å²) in [6.07, 6.45) is 0. The normalized spacial score (nSPS) is 8.87. The number of nitrogens with one attached hydrogen (secondary N) is 1. The molecule has 0 saturated heterocycles. The monoisotopic (exact) mass is 265 g/mol. The fourth-order valence-corrected chi connectivity index (χ4v) is 0.222. The number of guanidine groups is 2. The average molecular weight is 265 g/mol. The van der Waals surface area contributed by atoms with E-state index < -0.39 is 7.82 Å². The van der Waals surface area contributed by atoms with E-state index in [-0.39, 0.29) is 63.3 Å². The SMILES string of the molecule is CN(C)C(=N)N=C(N)N.O=P([O-])(O)O.[K+]. The van der Waals surface area contributed by atoms with Crippen LogP contribution < -0.4 is 67.7 Å². The second-order valence-corrected chi connectivity index (χ2v) is 3.23. The van der Waals surface area contributed by atoms with Gasteiger partial charge in [-0.3, -0.25) is 9.97 Å². The number of rotatable bonds is 0. The first-order valence-corrected chi connectivity index (χ1v) is 4.69. The molecular formula is C4H13KN5O4P. The van der Waals surface area contributed by atoms with Gasteiger partial charge in [-0.15, -0.1) is 0 Å². The van der Waals surface area contributed by atoms with Gasteiger partial charge in [0.15, 0.2) is 5.96 Å².